The van der Waals surface area contributed by atoms with E-state index in [1.807, 2.05) is 38.1 Å². The van der Waals surface area contributed by atoms with Crippen LogP contribution < -0.4 is 9.46 Å². The van der Waals surface area contributed by atoms with E-state index in [0.29, 0.717) is 5.75 Å². The zero-order valence-corrected chi connectivity index (χ0v) is 13.2. The van der Waals surface area contributed by atoms with E-state index < -0.39 is 10.0 Å². The van der Waals surface area contributed by atoms with Crippen molar-refractivity contribution in [3.05, 3.63) is 59.2 Å². The first-order valence-electron chi connectivity index (χ1n) is 6.62. The van der Waals surface area contributed by atoms with Crippen LogP contribution >= 0.6 is 0 Å². The number of aryl methyl sites for hydroxylation is 2. The smallest absolute Gasteiger partial charge is 0.240 e. The number of nitrogens with one attached hydrogen (secondary N) is 1. The van der Waals surface area contributed by atoms with Gasteiger partial charge in [0.05, 0.1) is 12.0 Å². The fourth-order valence-corrected chi connectivity index (χ4v) is 3.09. The average Bonchev–Trinajstić information content (AvgIpc) is 2.46. The van der Waals surface area contributed by atoms with Gasteiger partial charge in [0.2, 0.25) is 10.0 Å². The molecule has 5 heteroatoms. The van der Waals surface area contributed by atoms with Crippen molar-refractivity contribution in [3.8, 4) is 5.75 Å². The van der Waals surface area contributed by atoms with E-state index in [2.05, 4.69) is 4.72 Å². The summed E-state index contributed by atoms with van der Waals surface area (Å²) < 4.78 is 32.3. The van der Waals surface area contributed by atoms with Crippen molar-refractivity contribution in [2.24, 2.45) is 0 Å². The topological polar surface area (TPSA) is 55.4 Å². The molecule has 0 spiro atoms. The van der Waals surface area contributed by atoms with Gasteiger partial charge in [-0.3, -0.25) is 0 Å². The Morgan fingerprint density at radius 3 is 2.29 bits per heavy atom. The van der Waals surface area contributed by atoms with Crippen molar-refractivity contribution in [2.45, 2.75) is 25.3 Å². The predicted octanol–water partition coefficient (Wildman–Crippen LogP) is 2.79. The Morgan fingerprint density at radius 2 is 1.71 bits per heavy atom. The first-order chi connectivity index (χ1) is 9.92. The van der Waals surface area contributed by atoms with Crippen LogP contribution in [0.2, 0.25) is 0 Å². The summed E-state index contributed by atoms with van der Waals surface area (Å²) in [6.45, 7) is 4.08. The first kappa shape index (κ1) is 15.5. The van der Waals surface area contributed by atoms with E-state index in [-0.39, 0.29) is 11.4 Å². The highest BCUT2D eigenvalue weighted by Crippen LogP contribution is 2.21. The second kappa shape index (κ2) is 6.28. The molecule has 0 aromatic heterocycles. The van der Waals surface area contributed by atoms with Gasteiger partial charge in [-0.1, -0.05) is 29.8 Å². The van der Waals surface area contributed by atoms with Crippen LogP contribution in [-0.4, -0.2) is 15.5 Å². The van der Waals surface area contributed by atoms with E-state index in [1.54, 1.807) is 25.3 Å². The number of hydrogen-bond acceptors (Lipinski definition) is 3. The maximum absolute atomic E-state index is 12.3. The Balaban J connectivity index is 2.14. The van der Waals surface area contributed by atoms with Gasteiger partial charge in [-0.15, -0.1) is 0 Å². The van der Waals surface area contributed by atoms with E-state index >= 15 is 0 Å². The molecule has 0 unspecified atom stereocenters. The lowest BCUT2D eigenvalue weighted by Crippen LogP contribution is -2.23. The maximum Gasteiger partial charge on any atom is 0.240 e. The molecule has 0 aliphatic carbocycles. The summed E-state index contributed by atoms with van der Waals surface area (Å²) >= 11 is 0. The number of hydrogen-bond donors (Lipinski definition) is 1. The second-order valence-electron chi connectivity index (χ2n) is 4.94. The van der Waals surface area contributed by atoms with Gasteiger partial charge < -0.3 is 4.74 Å². The fraction of sp³-hybridized carbons (Fsp3) is 0.250. The third-order valence-corrected chi connectivity index (χ3v) is 4.66. The molecule has 4 nitrogen and oxygen atoms in total. The first-order valence-corrected chi connectivity index (χ1v) is 8.10. The van der Waals surface area contributed by atoms with Crippen LogP contribution in [0.5, 0.6) is 5.75 Å². The Morgan fingerprint density at radius 1 is 1.05 bits per heavy atom. The monoisotopic (exact) mass is 305 g/mol. The Hall–Kier alpha value is -1.85. The molecule has 0 heterocycles. The van der Waals surface area contributed by atoms with Gasteiger partial charge in [-0.2, -0.15) is 0 Å². The Kier molecular flexibility index (Phi) is 4.65. The van der Waals surface area contributed by atoms with Gasteiger partial charge in [-0.05, 0) is 43.2 Å². The lowest BCUT2D eigenvalue weighted by Gasteiger charge is -2.10. The van der Waals surface area contributed by atoms with Gasteiger partial charge >= 0.3 is 0 Å². The van der Waals surface area contributed by atoms with Gasteiger partial charge in [0.1, 0.15) is 5.75 Å². The number of sulfonamides is 1. The number of ether oxygens (including phenoxy) is 1. The fourth-order valence-electron chi connectivity index (χ4n) is 1.99. The zero-order chi connectivity index (χ0) is 15.5. The normalized spacial score (nSPS) is 11.4. The highest BCUT2D eigenvalue weighted by atomic mass is 32.2. The molecule has 0 saturated heterocycles. The molecular formula is C16H19NO3S. The molecule has 112 valence electrons. The third-order valence-electron chi connectivity index (χ3n) is 3.26. The SMILES string of the molecule is COc1ccc(S(=O)(=O)NCc2ccc(C)cc2)cc1C. The summed E-state index contributed by atoms with van der Waals surface area (Å²) in [5.74, 6) is 0.674. The summed E-state index contributed by atoms with van der Waals surface area (Å²) in [6, 6.07) is 12.6. The zero-order valence-electron chi connectivity index (χ0n) is 12.4. The van der Waals surface area contributed by atoms with Crippen LogP contribution in [-0.2, 0) is 16.6 Å². The Labute approximate surface area is 125 Å². The summed E-state index contributed by atoms with van der Waals surface area (Å²) in [7, 11) is -1.96. The van der Waals surface area contributed by atoms with Crippen molar-refractivity contribution >= 4 is 10.0 Å². The van der Waals surface area contributed by atoms with Gasteiger partial charge in [0, 0.05) is 6.54 Å². The summed E-state index contributed by atoms with van der Waals surface area (Å²) in [5, 5.41) is 0. The van der Waals surface area contributed by atoms with Gasteiger partial charge in [0.25, 0.3) is 0 Å². The highest BCUT2D eigenvalue weighted by Gasteiger charge is 2.15. The van der Waals surface area contributed by atoms with Crippen molar-refractivity contribution in [3.63, 3.8) is 0 Å². The lowest BCUT2D eigenvalue weighted by atomic mass is 10.2. The highest BCUT2D eigenvalue weighted by molar-refractivity contribution is 7.89. The number of rotatable bonds is 5. The molecule has 21 heavy (non-hydrogen) atoms. The van der Waals surface area contributed by atoms with E-state index in [9.17, 15) is 8.42 Å². The molecule has 1 N–H and O–H groups in total. The summed E-state index contributed by atoms with van der Waals surface area (Å²) in [4.78, 5) is 0.243. The molecule has 0 bridgehead atoms. The molecule has 0 atom stereocenters. The second-order valence-corrected chi connectivity index (χ2v) is 6.71. The van der Waals surface area contributed by atoms with Crippen molar-refractivity contribution in [1.82, 2.24) is 4.72 Å². The summed E-state index contributed by atoms with van der Waals surface area (Å²) in [6.07, 6.45) is 0. The minimum absolute atomic E-state index is 0.243. The molecule has 2 rings (SSSR count). The molecule has 0 radical (unpaired) electrons. The minimum Gasteiger partial charge on any atom is -0.496 e. The number of benzene rings is 2. The van der Waals surface area contributed by atoms with Crippen LogP contribution in [0.1, 0.15) is 16.7 Å². The molecule has 0 fully saturated rings. The van der Waals surface area contributed by atoms with Crippen LogP contribution in [0.25, 0.3) is 0 Å². The van der Waals surface area contributed by atoms with Gasteiger partial charge in [-0.25, -0.2) is 13.1 Å². The molecule has 0 aliphatic rings. The van der Waals surface area contributed by atoms with Crippen molar-refractivity contribution in [1.29, 1.82) is 0 Å². The lowest BCUT2D eigenvalue weighted by molar-refractivity contribution is 0.411. The quantitative estimate of drug-likeness (QED) is 0.924. The largest absolute Gasteiger partial charge is 0.496 e. The Bertz CT molecular complexity index is 722. The van der Waals surface area contributed by atoms with Crippen molar-refractivity contribution < 1.29 is 13.2 Å². The van der Waals surface area contributed by atoms with E-state index in [0.717, 1.165) is 16.7 Å². The van der Waals surface area contributed by atoms with Crippen LogP contribution in [0.4, 0.5) is 0 Å². The summed E-state index contributed by atoms with van der Waals surface area (Å²) in [5.41, 5.74) is 2.86. The third kappa shape index (κ3) is 3.83. The number of methoxy groups -OCH3 is 1. The molecule has 2 aromatic rings. The predicted molar refractivity (Wildman–Crippen MR) is 82.9 cm³/mol. The van der Waals surface area contributed by atoms with E-state index in [4.69, 9.17) is 4.74 Å². The standard InChI is InChI=1S/C16H19NO3S/c1-12-4-6-14(7-5-12)11-17-21(18,19)15-8-9-16(20-3)13(2)10-15/h4-10,17H,11H2,1-3H3. The van der Waals surface area contributed by atoms with Crippen LogP contribution in [0.15, 0.2) is 47.4 Å². The van der Waals surface area contributed by atoms with Crippen molar-refractivity contribution in [2.75, 3.05) is 7.11 Å². The van der Waals surface area contributed by atoms with Crippen LogP contribution in [0, 0.1) is 13.8 Å². The van der Waals surface area contributed by atoms with Crippen LogP contribution in [0.3, 0.4) is 0 Å². The molecule has 2 aromatic carbocycles. The minimum atomic E-state index is -3.52. The maximum atomic E-state index is 12.3. The van der Waals surface area contributed by atoms with Gasteiger partial charge in [0.15, 0.2) is 0 Å². The molecule has 0 aliphatic heterocycles. The molecular weight excluding hydrogens is 286 g/mol. The average molecular weight is 305 g/mol. The van der Waals surface area contributed by atoms with E-state index in [1.165, 1.54) is 0 Å². The molecule has 0 saturated carbocycles. The molecule has 0 amide bonds.